The molecule has 2 aromatic rings. The fourth-order valence-corrected chi connectivity index (χ4v) is 3.95. The molecule has 7 heteroatoms. The summed E-state index contributed by atoms with van der Waals surface area (Å²) < 4.78 is 10.5. The fraction of sp³-hybridized carbons (Fsp3) is 0.263. The van der Waals surface area contributed by atoms with E-state index in [2.05, 4.69) is 4.99 Å². The molecule has 1 aliphatic heterocycles. The SMILES string of the molecule is COc1ccc(C(=O)N2CCN=C2SCc2ccccc2Cl)c(OC)c1. The zero-order chi connectivity index (χ0) is 18.5. The number of amidine groups is 1. The van der Waals surface area contributed by atoms with Gasteiger partial charge in [-0.15, -0.1) is 0 Å². The molecule has 0 aromatic heterocycles. The molecule has 1 aliphatic rings. The zero-order valence-electron chi connectivity index (χ0n) is 14.6. The largest absolute Gasteiger partial charge is 0.497 e. The van der Waals surface area contributed by atoms with Gasteiger partial charge in [-0.05, 0) is 23.8 Å². The number of hydrogen-bond acceptors (Lipinski definition) is 5. The predicted octanol–water partition coefficient (Wildman–Crippen LogP) is 4.10. The number of ether oxygens (including phenoxy) is 2. The molecule has 1 amide bonds. The van der Waals surface area contributed by atoms with Crippen molar-refractivity contribution in [2.24, 2.45) is 4.99 Å². The van der Waals surface area contributed by atoms with Gasteiger partial charge >= 0.3 is 0 Å². The van der Waals surface area contributed by atoms with E-state index in [4.69, 9.17) is 21.1 Å². The third-order valence-corrected chi connectivity index (χ3v) is 5.43. The van der Waals surface area contributed by atoms with Crippen LogP contribution in [-0.2, 0) is 5.75 Å². The van der Waals surface area contributed by atoms with E-state index in [-0.39, 0.29) is 5.91 Å². The van der Waals surface area contributed by atoms with E-state index in [0.29, 0.717) is 46.1 Å². The number of benzene rings is 2. The van der Waals surface area contributed by atoms with Crippen LogP contribution in [0.25, 0.3) is 0 Å². The summed E-state index contributed by atoms with van der Waals surface area (Å²) >= 11 is 7.72. The van der Waals surface area contributed by atoms with E-state index >= 15 is 0 Å². The molecule has 136 valence electrons. The van der Waals surface area contributed by atoms with E-state index in [9.17, 15) is 4.79 Å². The van der Waals surface area contributed by atoms with Gasteiger partial charge in [-0.25, -0.2) is 0 Å². The minimum atomic E-state index is -0.132. The van der Waals surface area contributed by atoms with Crippen molar-refractivity contribution < 1.29 is 14.3 Å². The summed E-state index contributed by atoms with van der Waals surface area (Å²) in [6.45, 7) is 1.15. The van der Waals surface area contributed by atoms with Crippen LogP contribution in [-0.4, -0.2) is 43.3 Å². The highest BCUT2D eigenvalue weighted by Crippen LogP contribution is 2.29. The number of rotatable bonds is 5. The van der Waals surface area contributed by atoms with Crippen molar-refractivity contribution in [3.8, 4) is 11.5 Å². The molecule has 1 heterocycles. The molecule has 0 fully saturated rings. The van der Waals surface area contributed by atoms with Crippen LogP contribution < -0.4 is 9.47 Å². The minimum Gasteiger partial charge on any atom is -0.497 e. The van der Waals surface area contributed by atoms with E-state index in [1.54, 1.807) is 30.2 Å². The molecular formula is C19H19ClN2O3S. The highest BCUT2D eigenvalue weighted by atomic mass is 35.5. The fourth-order valence-electron chi connectivity index (χ4n) is 2.62. The van der Waals surface area contributed by atoms with Gasteiger partial charge in [0.2, 0.25) is 0 Å². The Kier molecular flexibility index (Phi) is 6.06. The predicted molar refractivity (Wildman–Crippen MR) is 106 cm³/mol. The zero-order valence-corrected chi connectivity index (χ0v) is 16.1. The number of thioether (sulfide) groups is 1. The Hall–Kier alpha value is -2.18. The molecule has 0 radical (unpaired) electrons. The van der Waals surface area contributed by atoms with Crippen LogP contribution in [0.5, 0.6) is 11.5 Å². The first kappa shape index (κ1) is 18.6. The summed E-state index contributed by atoms with van der Waals surface area (Å²) in [6.07, 6.45) is 0. The lowest BCUT2D eigenvalue weighted by Gasteiger charge is -2.19. The number of halogens is 1. The molecule has 0 saturated heterocycles. The van der Waals surface area contributed by atoms with Crippen molar-refractivity contribution in [3.63, 3.8) is 0 Å². The number of aliphatic imine (C=N–C) groups is 1. The van der Waals surface area contributed by atoms with Gasteiger partial charge in [0.25, 0.3) is 5.91 Å². The lowest BCUT2D eigenvalue weighted by molar-refractivity contribution is 0.0857. The van der Waals surface area contributed by atoms with Crippen LogP contribution in [0.3, 0.4) is 0 Å². The van der Waals surface area contributed by atoms with Crippen LogP contribution >= 0.6 is 23.4 Å². The van der Waals surface area contributed by atoms with Gasteiger partial charge in [0.15, 0.2) is 5.17 Å². The van der Waals surface area contributed by atoms with Crippen molar-refractivity contribution in [1.29, 1.82) is 0 Å². The second-order valence-corrected chi connectivity index (χ2v) is 6.92. The third-order valence-electron chi connectivity index (χ3n) is 4.00. The van der Waals surface area contributed by atoms with E-state index < -0.39 is 0 Å². The van der Waals surface area contributed by atoms with Crippen molar-refractivity contribution in [1.82, 2.24) is 4.90 Å². The molecule has 3 rings (SSSR count). The molecule has 5 nitrogen and oxygen atoms in total. The number of methoxy groups -OCH3 is 2. The van der Waals surface area contributed by atoms with Gasteiger partial charge in [0.05, 0.1) is 26.3 Å². The highest BCUT2D eigenvalue weighted by molar-refractivity contribution is 8.13. The topological polar surface area (TPSA) is 51.1 Å². The van der Waals surface area contributed by atoms with Gasteiger partial charge in [-0.1, -0.05) is 41.6 Å². The molecular weight excluding hydrogens is 372 g/mol. The van der Waals surface area contributed by atoms with Gasteiger partial charge in [-0.2, -0.15) is 0 Å². The summed E-state index contributed by atoms with van der Waals surface area (Å²) in [5.74, 6) is 1.65. The molecule has 0 atom stereocenters. The summed E-state index contributed by atoms with van der Waals surface area (Å²) in [5.41, 5.74) is 1.50. The van der Waals surface area contributed by atoms with Gasteiger partial charge < -0.3 is 9.47 Å². The molecule has 0 N–H and O–H groups in total. The summed E-state index contributed by atoms with van der Waals surface area (Å²) in [5, 5.41) is 1.42. The number of carbonyl (C=O) groups is 1. The molecule has 0 bridgehead atoms. The van der Waals surface area contributed by atoms with Gasteiger partial charge in [0, 0.05) is 23.4 Å². The van der Waals surface area contributed by atoms with Crippen LogP contribution in [0.2, 0.25) is 5.02 Å². The first-order chi connectivity index (χ1) is 12.6. The average molecular weight is 391 g/mol. The van der Waals surface area contributed by atoms with Crippen LogP contribution in [0.15, 0.2) is 47.5 Å². The van der Waals surface area contributed by atoms with Crippen LogP contribution in [0.4, 0.5) is 0 Å². The van der Waals surface area contributed by atoms with E-state index in [1.165, 1.54) is 18.9 Å². The molecule has 0 saturated carbocycles. The Morgan fingerprint density at radius 2 is 2.04 bits per heavy atom. The second-order valence-electron chi connectivity index (χ2n) is 5.57. The maximum atomic E-state index is 13.0. The first-order valence-corrected chi connectivity index (χ1v) is 9.45. The summed E-state index contributed by atoms with van der Waals surface area (Å²) in [6, 6.07) is 12.9. The number of hydrogen-bond donors (Lipinski definition) is 0. The Morgan fingerprint density at radius 1 is 1.23 bits per heavy atom. The third kappa shape index (κ3) is 3.97. The summed E-state index contributed by atoms with van der Waals surface area (Å²) in [7, 11) is 3.11. The molecule has 26 heavy (non-hydrogen) atoms. The van der Waals surface area contributed by atoms with Gasteiger partial charge in [0.1, 0.15) is 11.5 Å². The molecule has 0 unspecified atom stereocenters. The quantitative estimate of drug-likeness (QED) is 0.771. The van der Waals surface area contributed by atoms with E-state index in [1.807, 2.05) is 24.3 Å². The van der Waals surface area contributed by atoms with E-state index in [0.717, 1.165) is 5.56 Å². The maximum Gasteiger partial charge on any atom is 0.263 e. The lowest BCUT2D eigenvalue weighted by atomic mass is 10.1. The highest BCUT2D eigenvalue weighted by Gasteiger charge is 2.27. The standard InChI is InChI=1S/C19H19ClN2O3S/c1-24-14-7-8-15(17(11-14)25-2)18(23)22-10-9-21-19(22)26-12-13-5-3-4-6-16(13)20/h3-8,11H,9-10,12H2,1-2H3. The Morgan fingerprint density at radius 3 is 2.77 bits per heavy atom. The summed E-state index contributed by atoms with van der Waals surface area (Å²) in [4.78, 5) is 19.2. The molecule has 0 spiro atoms. The van der Waals surface area contributed by atoms with Crippen molar-refractivity contribution in [3.05, 3.63) is 58.6 Å². The first-order valence-electron chi connectivity index (χ1n) is 8.08. The average Bonchev–Trinajstić information content (AvgIpc) is 3.14. The van der Waals surface area contributed by atoms with Crippen molar-refractivity contribution >= 4 is 34.4 Å². The lowest BCUT2D eigenvalue weighted by Crippen LogP contribution is -2.33. The molecule has 2 aromatic carbocycles. The van der Waals surface area contributed by atoms with Crippen LogP contribution in [0, 0.1) is 0 Å². The Balaban J connectivity index is 1.75. The minimum absolute atomic E-state index is 0.132. The number of nitrogens with zero attached hydrogens (tertiary/aromatic N) is 2. The van der Waals surface area contributed by atoms with Gasteiger partial charge in [-0.3, -0.25) is 14.7 Å². The normalized spacial score (nSPS) is 13.5. The van der Waals surface area contributed by atoms with Crippen LogP contribution in [0.1, 0.15) is 15.9 Å². The smallest absolute Gasteiger partial charge is 0.263 e. The number of carbonyl (C=O) groups excluding carboxylic acids is 1. The van der Waals surface area contributed by atoms with Crippen molar-refractivity contribution in [2.75, 3.05) is 27.3 Å². The maximum absolute atomic E-state index is 13.0. The van der Waals surface area contributed by atoms with Crippen molar-refractivity contribution in [2.45, 2.75) is 5.75 Å². The number of amides is 1. The monoisotopic (exact) mass is 390 g/mol. The molecule has 0 aliphatic carbocycles. The second kappa shape index (κ2) is 8.47. The Labute approximate surface area is 162 Å². The Bertz CT molecular complexity index is 841.